The van der Waals surface area contributed by atoms with E-state index in [9.17, 15) is 17.6 Å². The summed E-state index contributed by atoms with van der Waals surface area (Å²) in [4.78, 5) is 12.0. The normalized spacial score (nSPS) is 11.6. The van der Waals surface area contributed by atoms with Crippen LogP contribution in [0.4, 0.5) is 10.1 Å². The van der Waals surface area contributed by atoms with Gasteiger partial charge in [-0.25, -0.2) is 12.8 Å². The van der Waals surface area contributed by atoms with Gasteiger partial charge in [-0.1, -0.05) is 13.8 Å². The van der Waals surface area contributed by atoms with Gasteiger partial charge in [0.15, 0.2) is 0 Å². The Labute approximate surface area is 166 Å². The molecule has 0 aliphatic carbocycles. The zero-order valence-electron chi connectivity index (χ0n) is 14.7. The maximum Gasteiger partial charge on any atom is 0.255 e. The van der Waals surface area contributed by atoms with Crippen molar-refractivity contribution in [2.24, 2.45) is 0 Å². The van der Waals surface area contributed by atoms with Gasteiger partial charge in [-0.2, -0.15) is 4.31 Å². The fourth-order valence-corrected chi connectivity index (χ4v) is 4.70. The molecule has 0 spiro atoms. The van der Waals surface area contributed by atoms with Crippen molar-refractivity contribution in [3.8, 4) is 0 Å². The average Bonchev–Trinajstić information content (AvgIpc) is 2.58. The summed E-state index contributed by atoms with van der Waals surface area (Å²) in [5.74, 6) is -1.37. The molecule has 0 saturated heterocycles. The van der Waals surface area contributed by atoms with Crippen LogP contribution >= 0.6 is 22.6 Å². The second-order valence-electron chi connectivity index (χ2n) is 5.65. The number of rotatable bonds is 6. The summed E-state index contributed by atoms with van der Waals surface area (Å²) in [6.07, 6.45) is 0. The number of nitrogens with zero attached hydrogens (tertiary/aromatic N) is 1. The Morgan fingerprint density at radius 2 is 1.81 bits per heavy atom. The fraction of sp³-hybridized carbons (Fsp3) is 0.278. The number of benzene rings is 2. The molecule has 0 heterocycles. The Morgan fingerprint density at radius 1 is 1.15 bits per heavy atom. The number of sulfonamides is 1. The Morgan fingerprint density at radius 3 is 2.38 bits per heavy atom. The minimum Gasteiger partial charge on any atom is -0.322 e. The van der Waals surface area contributed by atoms with E-state index >= 15 is 0 Å². The number of anilines is 1. The highest BCUT2D eigenvalue weighted by atomic mass is 127. The maximum atomic E-state index is 14.2. The fourth-order valence-electron chi connectivity index (χ4n) is 2.51. The standard InChI is InChI=1S/C18H20FIN2O3S/c1-4-22(5-2)26(24,25)17-11-13(6-8-15(17)19)18(23)21-16-9-7-14(20)10-12(16)3/h6-11H,4-5H2,1-3H3,(H,21,23). The van der Waals surface area contributed by atoms with E-state index < -0.39 is 26.6 Å². The van der Waals surface area contributed by atoms with Gasteiger partial charge in [-0.3, -0.25) is 4.79 Å². The molecule has 0 saturated carbocycles. The van der Waals surface area contributed by atoms with E-state index in [0.717, 1.165) is 25.6 Å². The van der Waals surface area contributed by atoms with E-state index in [1.54, 1.807) is 19.9 Å². The lowest BCUT2D eigenvalue weighted by molar-refractivity contribution is 0.102. The molecule has 140 valence electrons. The molecule has 0 aliphatic heterocycles. The smallest absolute Gasteiger partial charge is 0.255 e. The lowest BCUT2D eigenvalue weighted by Gasteiger charge is -2.19. The number of carbonyl (C=O) groups is 1. The molecule has 0 bridgehead atoms. The van der Waals surface area contributed by atoms with Crippen LogP contribution in [0.3, 0.4) is 0 Å². The molecule has 2 rings (SSSR count). The highest BCUT2D eigenvalue weighted by Crippen LogP contribution is 2.23. The highest BCUT2D eigenvalue weighted by Gasteiger charge is 2.26. The molecular formula is C18H20FIN2O3S. The first-order valence-corrected chi connectivity index (χ1v) is 10.6. The van der Waals surface area contributed by atoms with Crippen molar-refractivity contribution in [3.63, 3.8) is 0 Å². The van der Waals surface area contributed by atoms with Crippen LogP contribution in [0.2, 0.25) is 0 Å². The van der Waals surface area contributed by atoms with Gasteiger partial charge in [0.05, 0.1) is 0 Å². The van der Waals surface area contributed by atoms with Gasteiger partial charge in [0, 0.05) is 27.9 Å². The third-order valence-corrected chi connectivity index (χ3v) is 6.69. The van der Waals surface area contributed by atoms with Gasteiger partial charge in [0.1, 0.15) is 10.7 Å². The van der Waals surface area contributed by atoms with Crippen LogP contribution in [0, 0.1) is 16.3 Å². The molecule has 0 aliphatic rings. The number of carbonyl (C=O) groups excluding carboxylic acids is 1. The summed E-state index contributed by atoms with van der Waals surface area (Å²) >= 11 is 2.17. The van der Waals surface area contributed by atoms with Crippen molar-refractivity contribution in [1.82, 2.24) is 4.31 Å². The molecule has 1 amide bonds. The van der Waals surface area contributed by atoms with Crippen LogP contribution in [0.1, 0.15) is 29.8 Å². The lowest BCUT2D eigenvalue weighted by atomic mass is 10.1. The molecule has 26 heavy (non-hydrogen) atoms. The third kappa shape index (κ3) is 4.41. The van der Waals surface area contributed by atoms with Gasteiger partial charge in [0.2, 0.25) is 10.0 Å². The first kappa shape index (κ1) is 20.8. The predicted molar refractivity (Wildman–Crippen MR) is 108 cm³/mol. The predicted octanol–water partition coefficient (Wildman–Crippen LogP) is 4.02. The van der Waals surface area contributed by atoms with Crippen molar-refractivity contribution in [2.45, 2.75) is 25.7 Å². The molecule has 0 aromatic heterocycles. The van der Waals surface area contributed by atoms with Crippen LogP contribution in [0.15, 0.2) is 41.3 Å². The second-order valence-corrected chi connectivity index (χ2v) is 8.80. The third-order valence-electron chi connectivity index (χ3n) is 3.95. The Bertz CT molecular complexity index is 928. The molecule has 0 fully saturated rings. The van der Waals surface area contributed by atoms with Crippen molar-refractivity contribution in [3.05, 3.63) is 56.9 Å². The number of hydrogen-bond acceptors (Lipinski definition) is 3. The van der Waals surface area contributed by atoms with E-state index in [1.165, 1.54) is 6.07 Å². The van der Waals surface area contributed by atoms with E-state index in [1.807, 2.05) is 19.1 Å². The molecule has 2 aromatic carbocycles. The van der Waals surface area contributed by atoms with Crippen molar-refractivity contribution < 1.29 is 17.6 Å². The largest absolute Gasteiger partial charge is 0.322 e. The highest BCUT2D eigenvalue weighted by molar-refractivity contribution is 14.1. The maximum absolute atomic E-state index is 14.2. The minimum atomic E-state index is -4.00. The SMILES string of the molecule is CCN(CC)S(=O)(=O)c1cc(C(=O)Nc2ccc(I)cc2C)ccc1F. The number of nitrogens with one attached hydrogen (secondary N) is 1. The van der Waals surface area contributed by atoms with Crippen LogP contribution in [0.25, 0.3) is 0 Å². The van der Waals surface area contributed by atoms with Crippen molar-refractivity contribution >= 4 is 44.2 Å². The zero-order chi connectivity index (χ0) is 19.5. The topological polar surface area (TPSA) is 66.5 Å². The summed E-state index contributed by atoms with van der Waals surface area (Å²) in [6, 6.07) is 8.90. The van der Waals surface area contributed by atoms with Gasteiger partial charge in [0.25, 0.3) is 5.91 Å². The average molecular weight is 490 g/mol. The summed E-state index contributed by atoms with van der Waals surface area (Å²) in [7, 11) is -4.00. The summed E-state index contributed by atoms with van der Waals surface area (Å²) in [5, 5.41) is 2.74. The monoisotopic (exact) mass is 490 g/mol. The number of aryl methyl sites for hydroxylation is 1. The molecule has 0 atom stereocenters. The molecule has 1 N–H and O–H groups in total. The number of hydrogen-bond donors (Lipinski definition) is 1. The van der Waals surface area contributed by atoms with Gasteiger partial charge in [-0.15, -0.1) is 0 Å². The quantitative estimate of drug-likeness (QED) is 0.623. The Balaban J connectivity index is 2.38. The zero-order valence-corrected chi connectivity index (χ0v) is 17.7. The number of halogens is 2. The minimum absolute atomic E-state index is 0.0788. The van der Waals surface area contributed by atoms with E-state index in [2.05, 4.69) is 27.9 Å². The summed E-state index contributed by atoms with van der Waals surface area (Å²) in [6.45, 7) is 5.65. The molecular weight excluding hydrogens is 470 g/mol. The molecule has 0 radical (unpaired) electrons. The lowest BCUT2D eigenvalue weighted by Crippen LogP contribution is -2.31. The summed E-state index contributed by atoms with van der Waals surface area (Å²) < 4.78 is 41.5. The first-order chi connectivity index (χ1) is 12.2. The van der Waals surface area contributed by atoms with Crippen molar-refractivity contribution in [1.29, 1.82) is 0 Å². The number of amides is 1. The molecule has 2 aromatic rings. The molecule has 0 unspecified atom stereocenters. The molecule has 5 nitrogen and oxygen atoms in total. The van der Waals surface area contributed by atoms with E-state index in [-0.39, 0.29) is 18.7 Å². The Hall–Kier alpha value is -1.52. The van der Waals surface area contributed by atoms with Gasteiger partial charge >= 0.3 is 0 Å². The molecule has 8 heteroatoms. The second kappa shape index (κ2) is 8.45. The van der Waals surface area contributed by atoms with Crippen molar-refractivity contribution in [2.75, 3.05) is 18.4 Å². The first-order valence-electron chi connectivity index (χ1n) is 8.07. The van der Waals surface area contributed by atoms with Crippen LogP contribution in [-0.2, 0) is 10.0 Å². The van der Waals surface area contributed by atoms with E-state index in [4.69, 9.17) is 0 Å². The van der Waals surface area contributed by atoms with Gasteiger partial charge < -0.3 is 5.32 Å². The van der Waals surface area contributed by atoms with Crippen LogP contribution in [-0.4, -0.2) is 31.7 Å². The summed E-state index contributed by atoms with van der Waals surface area (Å²) in [5.41, 5.74) is 1.58. The van der Waals surface area contributed by atoms with E-state index in [0.29, 0.717) is 5.69 Å². The van der Waals surface area contributed by atoms with Crippen LogP contribution < -0.4 is 5.32 Å². The van der Waals surface area contributed by atoms with Gasteiger partial charge in [-0.05, 0) is 71.5 Å². The Kier molecular flexibility index (Phi) is 6.75. The van der Waals surface area contributed by atoms with Crippen LogP contribution in [0.5, 0.6) is 0 Å².